The van der Waals surface area contributed by atoms with Crippen molar-refractivity contribution < 1.29 is 14.3 Å². The van der Waals surface area contributed by atoms with Crippen molar-refractivity contribution in [3.63, 3.8) is 0 Å². The summed E-state index contributed by atoms with van der Waals surface area (Å²) in [6, 6.07) is 7.02. The van der Waals surface area contributed by atoms with E-state index in [1.54, 1.807) is 30.5 Å². The SMILES string of the molecule is CCCOc1ccc(C(=O)CCC(=O)Nc2ncc(C)s2)cc1. The van der Waals surface area contributed by atoms with Crippen LogP contribution in [0.25, 0.3) is 0 Å². The number of anilines is 1. The molecule has 1 aromatic carbocycles. The van der Waals surface area contributed by atoms with Crippen molar-refractivity contribution in [1.82, 2.24) is 4.98 Å². The molecule has 23 heavy (non-hydrogen) atoms. The molecule has 0 radical (unpaired) electrons. The van der Waals surface area contributed by atoms with Crippen molar-refractivity contribution in [2.45, 2.75) is 33.1 Å². The first-order valence-electron chi connectivity index (χ1n) is 7.57. The molecule has 0 saturated carbocycles. The van der Waals surface area contributed by atoms with Crippen LogP contribution in [0.4, 0.5) is 5.13 Å². The van der Waals surface area contributed by atoms with Crippen LogP contribution in [-0.2, 0) is 4.79 Å². The van der Waals surface area contributed by atoms with Gasteiger partial charge in [-0.05, 0) is 37.6 Å². The summed E-state index contributed by atoms with van der Waals surface area (Å²) in [5.74, 6) is 0.494. The Hall–Kier alpha value is -2.21. The van der Waals surface area contributed by atoms with Crippen LogP contribution in [0.2, 0.25) is 0 Å². The Kier molecular flexibility index (Phi) is 6.29. The van der Waals surface area contributed by atoms with E-state index in [9.17, 15) is 9.59 Å². The molecular weight excluding hydrogens is 312 g/mol. The number of carbonyl (C=O) groups excluding carboxylic acids is 2. The van der Waals surface area contributed by atoms with Crippen molar-refractivity contribution in [3.8, 4) is 5.75 Å². The highest BCUT2D eigenvalue weighted by Crippen LogP contribution is 2.17. The molecule has 1 amide bonds. The van der Waals surface area contributed by atoms with Crippen LogP contribution in [0.1, 0.15) is 41.4 Å². The molecule has 0 atom stereocenters. The van der Waals surface area contributed by atoms with Crippen LogP contribution >= 0.6 is 11.3 Å². The monoisotopic (exact) mass is 332 g/mol. The summed E-state index contributed by atoms with van der Waals surface area (Å²) >= 11 is 1.41. The summed E-state index contributed by atoms with van der Waals surface area (Å²) in [5, 5.41) is 3.27. The van der Waals surface area contributed by atoms with Gasteiger partial charge in [-0.3, -0.25) is 9.59 Å². The molecule has 0 bridgehead atoms. The Morgan fingerprint density at radius 3 is 2.57 bits per heavy atom. The maximum atomic E-state index is 12.1. The molecule has 0 fully saturated rings. The highest BCUT2D eigenvalue weighted by atomic mass is 32.1. The van der Waals surface area contributed by atoms with E-state index in [2.05, 4.69) is 10.3 Å². The van der Waals surface area contributed by atoms with E-state index in [4.69, 9.17) is 4.74 Å². The van der Waals surface area contributed by atoms with Gasteiger partial charge in [0, 0.05) is 29.5 Å². The molecule has 5 nitrogen and oxygen atoms in total. The van der Waals surface area contributed by atoms with Crippen molar-refractivity contribution in [2.75, 3.05) is 11.9 Å². The Balaban J connectivity index is 1.80. The topological polar surface area (TPSA) is 68.3 Å². The second-order valence-corrected chi connectivity index (χ2v) is 6.36. The normalized spacial score (nSPS) is 10.3. The third kappa shape index (κ3) is 5.49. The fourth-order valence-corrected chi connectivity index (χ4v) is 2.60. The number of nitrogens with zero attached hydrogens (tertiary/aromatic N) is 1. The predicted octanol–water partition coefficient (Wildman–Crippen LogP) is 3.84. The minimum absolute atomic E-state index is 0.0579. The lowest BCUT2D eigenvalue weighted by Gasteiger charge is -2.05. The second-order valence-electron chi connectivity index (χ2n) is 5.12. The summed E-state index contributed by atoms with van der Waals surface area (Å²) < 4.78 is 5.48. The van der Waals surface area contributed by atoms with E-state index in [-0.39, 0.29) is 24.5 Å². The molecule has 2 aromatic rings. The highest BCUT2D eigenvalue weighted by molar-refractivity contribution is 7.15. The number of nitrogens with one attached hydrogen (secondary N) is 1. The van der Waals surface area contributed by atoms with E-state index < -0.39 is 0 Å². The number of aromatic nitrogens is 1. The van der Waals surface area contributed by atoms with Crippen LogP contribution in [-0.4, -0.2) is 23.3 Å². The van der Waals surface area contributed by atoms with Gasteiger partial charge in [-0.1, -0.05) is 6.92 Å². The number of aryl methyl sites for hydroxylation is 1. The van der Waals surface area contributed by atoms with Gasteiger partial charge < -0.3 is 10.1 Å². The maximum absolute atomic E-state index is 12.1. The number of ketones is 1. The smallest absolute Gasteiger partial charge is 0.226 e. The Labute approximate surface area is 139 Å². The van der Waals surface area contributed by atoms with E-state index in [0.717, 1.165) is 17.0 Å². The average Bonchev–Trinajstić information content (AvgIpc) is 2.96. The summed E-state index contributed by atoms with van der Waals surface area (Å²) in [5.41, 5.74) is 0.590. The number of Topliss-reactive ketones (excluding diaryl/α,β-unsaturated/α-hetero) is 1. The molecular formula is C17H20N2O3S. The van der Waals surface area contributed by atoms with Gasteiger partial charge in [-0.2, -0.15) is 0 Å². The number of ether oxygens (including phenoxy) is 1. The largest absolute Gasteiger partial charge is 0.494 e. The molecule has 1 aromatic heterocycles. The van der Waals surface area contributed by atoms with Crippen LogP contribution in [0.15, 0.2) is 30.5 Å². The lowest BCUT2D eigenvalue weighted by Crippen LogP contribution is -2.13. The lowest BCUT2D eigenvalue weighted by atomic mass is 10.1. The van der Waals surface area contributed by atoms with Crippen LogP contribution < -0.4 is 10.1 Å². The minimum Gasteiger partial charge on any atom is -0.494 e. The van der Waals surface area contributed by atoms with Crippen LogP contribution in [0, 0.1) is 6.92 Å². The molecule has 2 rings (SSSR count). The van der Waals surface area contributed by atoms with Crippen molar-refractivity contribution in [2.24, 2.45) is 0 Å². The Bertz CT molecular complexity index is 665. The number of benzene rings is 1. The first kappa shape index (κ1) is 17.1. The van der Waals surface area contributed by atoms with Gasteiger partial charge in [-0.15, -0.1) is 11.3 Å². The number of amides is 1. The number of thiazole rings is 1. The quantitative estimate of drug-likeness (QED) is 0.746. The third-order valence-corrected chi connectivity index (χ3v) is 3.92. The molecule has 0 aliphatic rings. The highest BCUT2D eigenvalue weighted by Gasteiger charge is 2.11. The van der Waals surface area contributed by atoms with Gasteiger partial charge in [-0.25, -0.2) is 4.98 Å². The van der Waals surface area contributed by atoms with Gasteiger partial charge in [0.15, 0.2) is 10.9 Å². The van der Waals surface area contributed by atoms with Crippen LogP contribution in [0.3, 0.4) is 0 Å². The van der Waals surface area contributed by atoms with Gasteiger partial charge in [0.05, 0.1) is 6.61 Å². The second kappa shape index (κ2) is 8.43. The molecule has 1 N–H and O–H groups in total. The van der Waals surface area contributed by atoms with Gasteiger partial charge in [0.25, 0.3) is 0 Å². The Morgan fingerprint density at radius 2 is 1.96 bits per heavy atom. The number of carbonyl (C=O) groups is 2. The molecule has 0 aliphatic heterocycles. The third-order valence-electron chi connectivity index (χ3n) is 3.10. The standard InChI is InChI=1S/C17H20N2O3S/c1-3-10-22-14-6-4-13(5-7-14)15(20)8-9-16(21)19-17-18-11-12(2)23-17/h4-7,11H,3,8-10H2,1-2H3,(H,18,19,21). The lowest BCUT2D eigenvalue weighted by molar-refractivity contribution is -0.116. The van der Waals surface area contributed by atoms with Gasteiger partial charge in [0.1, 0.15) is 5.75 Å². The van der Waals surface area contributed by atoms with E-state index in [1.807, 2.05) is 13.8 Å². The Morgan fingerprint density at radius 1 is 1.22 bits per heavy atom. The van der Waals surface area contributed by atoms with Crippen molar-refractivity contribution in [1.29, 1.82) is 0 Å². The average molecular weight is 332 g/mol. The molecule has 1 heterocycles. The van der Waals surface area contributed by atoms with E-state index in [1.165, 1.54) is 11.3 Å². The first-order valence-corrected chi connectivity index (χ1v) is 8.38. The molecule has 0 saturated heterocycles. The number of hydrogen-bond acceptors (Lipinski definition) is 5. The van der Waals surface area contributed by atoms with Crippen LogP contribution in [0.5, 0.6) is 5.75 Å². The zero-order valence-corrected chi connectivity index (χ0v) is 14.1. The fraction of sp³-hybridized carbons (Fsp3) is 0.353. The fourth-order valence-electron chi connectivity index (χ4n) is 1.92. The minimum atomic E-state index is -0.199. The molecule has 122 valence electrons. The predicted molar refractivity (Wildman–Crippen MR) is 91.3 cm³/mol. The summed E-state index contributed by atoms with van der Waals surface area (Å²) in [6.45, 7) is 4.62. The van der Waals surface area contributed by atoms with Gasteiger partial charge >= 0.3 is 0 Å². The molecule has 0 aliphatic carbocycles. The molecule has 6 heteroatoms. The molecule has 0 spiro atoms. The number of hydrogen-bond donors (Lipinski definition) is 1. The summed E-state index contributed by atoms with van der Waals surface area (Å²) in [4.78, 5) is 29.0. The van der Waals surface area contributed by atoms with Crippen molar-refractivity contribution >= 4 is 28.2 Å². The zero-order valence-electron chi connectivity index (χ0n) is 13.3. The summed E-state index contributed by atoms with van der Waals surface area (Å²) in [7, 11) is 0. The zero-order chi connectivity index (χ0) is 16.7. The molecule has 0 unspecified atom stereocenters. The van der Waals surface area contributed by atoms with Gasteiger partial charge in [0.2, 0.25) is 5.91 Å². The van der Waals surface area contributed by atoms with E-state index >= 15 is 0 Å². The maximum Gasteiger partial charge on any atom is 0.226 e. The first-order chi connectivity index (χ1) is 11.1. The van der Waals surface area contributed by atoms with E-state index in [0.29, 0.717) is 17.3 Å². The van der Waals surface area contributed by atoms with Crippen molar-refractivity contribution in [3.05, 3.63) is 40.9 Å². The number of rotatable bonds is 8. The summed E-state index contributed by atoms with van der Waals surface area (Å²) in [6.07, 6.45) is 2.96.